The number of benzene rings is 2. The van der Waals surface area contributed by atoms with E-state index in [-0.39, 0.29) is 17.3 Å². The van der Waals surface area contributed by atoms with Crippen LogP contribution in [0.15, 0.2) is 60.0 Å². The molecule has 2 aromatic rings. The summed E-state index contributed by atoms with van der Waals surface area (Å²) in [6.45, 7) is 9.09. The quantitative estimate of drug-likeness (QED) is 0.722. The first kappa shape index (κ1) is 22.2. The first-order chi connectivity index (χ1) is 15.3. The fourth-order valence-electron chi connectivity index (χ4n) is 3.99. The molecule has 0 radical (unpaired) electrons. The van der Waals surface area contributed by atoms with Crippen molar-refractivity contribution in [3.63, 3.8) is 0 Å². The predicted molar refractivity (Wildman–Crippen MR) is 122 cm³/mol. The summed E-state index contributed by atoms with van der Waals surface area (Å²) < 4.78 is 27.3. The Labute approximate surface area is 188 Å². The molecule has 0 unspecified atom stereocenters. The molecule has 0 aromatic heterocycles. The third kappa shape index (κ3) is 4.19. The van der Waals surface area contributed by atoms with Crippen LogP contribution in [0, 0.1) is 0 Å². The van der Waals surface area contributed by atoms with Gasteiger partial charge in [0, 0.05) is 48.7 Å². The highest BCUT2D eigenvalue weighted by Crippen LogP contribution is 2.30. The monoisotopic (exact) mass is 454 g/mol. The molecular weight excluding hydrogens is 428 g/mol. The molecule has 0 spiro atoms. The number of nitrogens with one attached hydrogen (secondary N) is 1. The first-order valence-corrected chi connectivity index (χ1v) is 12.0. The Morgan fingerprint density at radius 3 is 2.22 bits per heavy atom. The molecule has 8 nitrogen and oxygen atoms in total. The number of hydrogen-bond donors (Lipinski definition) is 1. The van der Waals surface area contributed by atoms with Crippen molar-refractivity contribution in [2.24, 2.45) is 0 Å². The molecule has 0 aliphatic carbocycles. The van der Waals surface area contributed by atoms with Crippen molar-refractivity contribution >= 4 is 33.2 Å². The Balaban J connectivity index is 1.38. The van der Waals surface area contributed by atoms with E-state index in [9.17, 15) is 18.0 Å². The Morgan fingerprint density at radius 1 is 1.00 bits per heavy atom. The average Bonchev–Trinajstić information content (AvgIpc) is 3.04. The van der Waals surface area contributed by atoms with E-state index in [4.69, 9.17) is 0 Å². The van der Waals surface area contributed by atoms with E-state index in [0.717, 1.165) is 12.1 Å². The van der Waals surface area contributed by atoms with E-state index in [1.165, 1.54) is 21.3 Å². The maximum absolute atomic E-state index is 12.9. The number of fused-ring (bicyclic) bond motifs is 1. The molecule has 1 N–H and O–H groups in total. The Kier molecular flexibility index (Phi) is 6.14. The number of anilines is 1. The van der Waals surface area contributed by atoms with Gasteiger partial charge in [-0.1, -0.05) is 31.7 Å². The summed E-state index contributed by atoms with van der Waals surface area (Å²) in [5, 5.41) is 2.72. The molecule has 2 amide bonds. The van der Waals surface area contributed by atoms with Crippen molar-refractivity contribution in [2.75, 3.05) is 44.6 Å². The van der Waals surface area contributed by atoms with Gasteiger partial charge in [0.25, 0.3) is 5.91 Å². The van der Waals surface area contributed by atoms with Crippen molar-refractivity contribution < 1.29 is 18.0 Å². The van der Waals surface area contributed by atoms with Crippen LogP contribution in [0.3, 0.4) is 0 Å². The number of piperazine rings is 1. The van der Waals surface area contributed by atoms with Crippen LogP contribution in [0.2, 0.25) is 0 Å². The van der Waals surface area contributed by atoms with Gasteiger partial charge in [0.15, 0.2) is 0 Å². The SMILES string of the molecule is C=C1c2ccccc2C(=O)N1CC(=O)Nc1ccc(S(=O)(=O)N2CCN(CC)CC2)cc1. The zero-order chi connectivity index (χ0) is 22.9. The van der Waals surface area contributed by atoms with Crippen molar-refractivity contribution in [3.8, 4) is 0 Å². The normalized spacial score (nSPS) is 17.5. The number of hydrogen-bond acceptors (Lipinski definition) is 5. The fraction of sp³-hybridized carbons (Fsp3) is 0.304. The molecule has 2 aliphatic rings. The van der Waals surface area contributed by atoms with Gasteiger partial charge >= 0.3 is 0 Å². The third-order valence-corrected chi connectivity index (χ3v) is 7.81. The molecular formula is C23H26N4O4S. The highest BCUT2D eigenvalue weighted by atomic mass is 32.2. The molecule has 0 bridgehead atoms. The van der Waals surface area contributed by atoms with Crippen LogP contribution in [0.5, 0.6) is 0 Å². The molecule has 1 saturated heterocycles. The Morgan fingerprint density at radius 2 is 1.62 bits per heavy atom. The zero-order valence-electron chi connectivity index (χ0n) is 18.0. The van der Waals surface area contributed by atoms with E-state index >= 15 is 0 Å². The van der Waals surface area contributed by atoms with Crippen LogP contribution in [0.1, 0.15) is 22.8 Å². The standard InChI is InChI=1S/C23H26N4O4S/c1-3-25-12-14-26(15-13-25)32(30,31)19-10-8-18(9-11-19)24-22(28)16-27-17(2)20-6-4-5-7-21(20)23(27)29/h4-11H,2-3,12-16H2,1H3,(H,24,28). The number of carbonyl (C=O) groups excluding carboxylic acids is 2. The van der Waals surface area contributed by atoms with Gasteiger partial charge in [0.05, 0.1) is 4.90 Å². The van der Waals surface area contributed by atoms with Gasteiger partial charge in [-0.05, 0) is 36.9 Å². The van der Waals surface area contributed by atoms with Gasteiger partial charge in [-0.3, -0.25) is 14.5 Å². The van der Waals surface area contributed by atoms with E-state index in [0.29, 0.717) is 43.1 Å². The number of amides is 2. The minimum atomic E-state index is -3.57. The van der Waals surface area contributed by atoms with Crippen molar-refractivity contribution in [3.05, 3.63) is 66.2 Å². The van der Waals surface area contributed by atoms with Gasteiger partial charge in [0.1, 0.15) is 6.54 Å². The molecule has 9 heteroatoms. The molecule has 1 fully saturated rings. The average molecular weight is 455 g/mol. The number of rotatable bonds is 6. The summed E-state index contributed by atoms with van der Waals surface area (Å²) in [6, 6.07) is 13.2. The van der Waals surface area contributed by atoms with Gasteiger partial charge in [-0.2, -0.15) is 4.31 Å². The lowest BCUT2D eigenvalue weighted by Gasteiger charge is -2.33. The second-order valence-corrected chi connectivity index (χ2v) is 9.73. The minimum absolute atomic E-state index is 0.173. The second-order valence-electron chi connectivity index (χ2n) is 7.79. The summed E-state index contributed by atoms with van der Waals surface area (Å²) in [4.78, 5) is 28.8. The summed E-state index contributed by atoms with van der Waals surface area (Å²) in [5.41, 5.74) is 2.20. The lowest BCUT2D eigenvalue weighted by molar-refractivity contribution is -0.116. The predicted octanol–water partition coefficient (Wildman–Crippen LogP) is 2.08. The lowest BCUT2D eigenvalue weighted by atomic mass is 10.1. The van der Waals surface area contributed by atoms with E-state index < -0.39 is 15.9 Å². The summed E-state index contributed by atoms with van der Waals surface area (Å²) in [6.07, 6.45) is 0. The van der Waals surface area contributed by atoms with Gasteiger partial charge in [-0.25, -0.2) is 8.42 Å². The molecule has 168 valence electrons. The van der Waals surface area contributed by atoms with Crippen LogP contribution in [0.25, 0.3) is 5.70 Å². The third-order valence-electron chi connectivity index (χ3n) is 5.90. The molecule has 0 saturated carbocycles. The van der Waals surface area contributed by atoms with Crippen LogP contribution in [-0.4, -0.2) is 73.6 Å². The first-order valence-electron chi connectivity index (χ1n) is 10.5. The maximum atomic E-state index is 12.9. The maximum Gasteiger partial charge on any atom is 0.259 e. The van der Waals surface area contributed by atoms with Crippen LogP contribution < -0.4 is 5.32 Å². The highest BCUT2D eigenvalue weighted by Gasteiger charge is 2.32. The molecule has 32 heavy (non-hydrogen) atoms. The molecule has 0 atom stereocenters. The number of sulfonamides is 1. The summed E-state index contributed by atoms with van der Waals surface area (Å²) in [7, 11) is -3.57. The van der Waals surface area contributed by atoms with Crippen LogP contribution in [-0.2, 0) is 14.8 Å². The van der Waals surface area contributed by atoms with Crippen molar-refractivity contribution in [1.29, 1.82) is 0 Å². The van der Waals surface area contributed by atoms with E-state index in [1.807, 2.05) is 6.07 Å². The minimum Gasteiger partial charge on any atom is -0.325 e. The fourth-order valence-corrected chi connectivity index (χ4v) is 5.41. The Hall–Kier alpha value is -3.01. The number of likely N-dealkylation sites (N-methyl/N-ethyl adjacent to an activating group) is 1. The van der Waals surface area contributed by atoms with Crippen molar-refractivity contribution in [1.82, 2.24) is 14.1 Å². The summed E-state index contributed by atoms with van der Waals surface area (Å²) in [5.74, 6) is -0.649. The second kappa shape index (κ2) is 8.85. The van der Waals surface area contributed by atoms with Gasteiger partial charge in [0.2, 0.25) is 15.9 Å². The van der Waals surface area contributed by atoms with Gasteiger partial charge < -0.3 is 10.2 Å². The Bertz CT molecular complexity index is 1120. The van der Waals surface area contributed by atoms with Crippen LogP contribution >= 0.6 is 0 Å². The molecule has 2 aliphatic heterocycles. The summed E-state index contributed by atoms with van der Waals surface area (Å²) >= 11 is 0. The topological polar surface area (TPSA) is 90.0 Å². The van der Waals surface area contributed by atoms with Crippen molar-refractivity contribution in [2.45, 2.75) is 11.8 Å². The number of nitrogens with zero attached hydrogens (tertiary/aromatic N) is 3. The zero-order valence-corrected chi connectivity index (χ0v) is 18.8. The molecule has 2 heterocycles. The lowest BCUT2D eigenvalue weighted by Crippen LogP contribution is -2.48. The van der Waals surface area contributed by atoms with Gasteiger partial charge in [-0.15, -0.1) is 0 Å². The smallest absolute Gasteiger partial charge is 0.259 e. The highest BCUT2D eigenvalue weighted by molar-refractivity contribution is 7.89. The van der Waals surface area contributed by atoms with E-state index in [1.54, 1.807) is 30.3 Å². The largest absolute Gasteiger partial charge is 0.325 e. The van der Waals surface area contributed by atoms with E-state index in [2.05, 4.69) is 23.7 Å². The number of carbonyl (C=O) groups is 2. The van der Waals surface area contributed by atoms with Crippen LogP contribution in [0.4, 0.5) is 5.69 Å². The molecule has 4 rings (SSSR count). The molecule has 2 aromatic carbocycles.